The molecule has 1 fully saturated rings. The molecule has 0 N–H and O–H groups in total. The first-order valence-electron chi connectivity index (χ1n) is 5.05. The van der Waals surface area contributed by atoms with Gasteiger partial charge in [0.05, 0.1) is 19.3 Å². The Morgan fingerprint density at radius 2 is 2.07 bits per heavy atom. The molecule has 2 unspecified atom stereocenters. The van der Waals surface area contributed by atoms with Gasteiger partial charge in [-0.05, 0) is 19.4 Å². The van der Waals surface area contributed by atoms with Crippen LogP contribution >= 0.6 is 0 Å². The SMILES string of the molecule is Cc1ccc(C(C)OCC2CO2)cc1. The molecule has 0 aliphatic carbocycles. The monoisotopic (exact) mass is 192 g/mol. The lowest BCUT2D eigenvalue weighted by atomic mass is 10.1. The predicted molar refractivity (Wildman–Crippen MR) is 55.3 cm³/mol. The van der Waals surface area contributed by atoms with Gasteiger partial charge in [0.2, 0.25) is 0 Å². The summed E-state index contributed by atoms with van der Waals surface area (Å²) in [4.78, 5) is 0. The lowest BCUT2D eigenvalue weighted by Crippen LogP contribution is -2.05. The van der Waals surface area contributed by atoms with Crippen LogP contribution in [0.5, 0.6) is 0 Å². The van der Waals surface area contributed by atoms with Crippen molar-refractivity contribution in [2.24, 2.45) is 0 Å². The number of aryl methyl sites for hydroxylation is 1. The van der Waals surface area contributed by atoms with Crippen LogP contribution in [-0.4, -0.2) is 19.3 Å². The fourth-order valence-electron chi connectivity index (χ4n) is 1.35. The van der Waals surface area contributed by atoms with Crippen molar-refractivity contribution in [3.8, 4) is 0 Å². The van der Waals surface area contributed by atoms with Gasteiger partial charge in [-0.25, -0.2) is 0 Å². The summed E-state index contributed by atoms with van der Waals surface area (Å²) in [6.07, 6.45) is 0.516. The lowest BCUT2D eigenvalue weighted by molar-refractivity contribution is 0.0540. The van der Waals surface area contributed by atoms with Crippen molar-refractivity contribution in [1.29, 1.82) is 0 Å². The van der Waals surface area contributed by atoms with Crippen LogP contribution in [0.15, 0.2) is 24.3 Å². The largest absolute Gasteiger partial charge is 0.371 e. The summed E-state index contributed by atoms with van der Waals surface area (Å²) in [7, 11) is 0. The molecule has 14 heavy (non-hydrogen) atoms. The van der Waals surface area contributed by atoms with E-state index < -0.39 is 0 Å². The van der Waals surface area contributed by atoms with Gasteiger partial charge in [-0.3, -0.25) is 0 Å². The molecule has 0 radical (unpaired) electrons. The van der Waals surface area contributed by atoms with Gasteiger partial charge in [-0.1, -0.05) is 29.8 Å². The van der Waals surface area contributed by atoms with Gasteiger partial charge >= 0.3 is 0 Å². The van der Waals surface area contributed by atoms with Gasteiger partial charge in [0.25, 0.3) is 0 Å². The Balaban J connectivity index is 1.88. The summed E-state index contributed by atoms with van der Waals surface area (Å²) in [5, 5.41) is 0. The van der Waals surface area contributed by atoms with Gasteiger partial charge in [0, 0.05) is 0 Å². The van der Waals surface area contributed by atoms with Crippen LogP contribution in [0.25, 0.3) is 0 Å². The third-order valence-corrected chi connectivity index (χ3v) is 2.48. The van der Waals surface area contributed by atoms with E-state index in [9.17, 15) is 0 Å². The van der Waals surface area contributed by atoms with E-state index in [-0.39, 0.29) is 6.10 Å². The highest BCUT2D eigenvalue weighted by Crippen LogP contribution is 2.19. The molecule has 0 spiro atoms. The molecule has 1 saturated heterocycles. The van der Waals surface area contributed by atoms with Crippen molar-refractivity contribution in [2.45, 2.75) is 26.1 Å². The Labute approximate surface area is 84.8 Å². The predicted octanol–water partition coefficient (Wildman–Crippen LogP) is 2.47. The highest BCUT2D eigenvalue weighted by Gasteiger charge is 2.23. The summed E-state index contributed by atoms with van der Waals surface area (Å²) in [6, 6.07) is 8.47. The van der Waals surface area contributed by atoms with Crippen LogP contribution in [0.2, 0.25) is 0 Å². The second kappa shape index (κ2) is 4.11. The zero-order valence-corrected chi connectivity index (χ0v) is 8.69. The van der Waals surface area contributed by atoms with E-state index in [2.05, 4.69) is 38.1 Å². The lowest BCUT2D eigenvalue weighted by Gasteiger charge is -2.12. The van der Waals surface area contributed by atoms with Gasteiger partial charge in [0.15, 0.2) is 0 Å². The van der Waals surface area contributed by atoms with Crippen LogP contribution in [0.1, 0.15) is 24.2 Å². The molecular formula is C12H16O2. The first-order chi connectivity index (χ1) is 6.75. The molecule has 1 heterocycles. The van der Waals surface area contributed by atoms with Crippen LogP contribution in [0.4, 0.5) is 0 Å². The molecule has 2 atom stereocenters. The zero-order chi connectivity index (χ0) is 9.97. The van der Waals surface area contributed by atoms with E-state index in [1.165, 1.54) is 11.1 Å². The van der Waals surface area contributed by atoms with Crippen molar-refractivity contribution in [3.63, 3.8) is 0 Å². The average Bonchev–Trinajstić information content (AvgIpc) is 2.99. The van der Waals surface area contributed by atoms with Crippen molar-refractivity contribution in [1.82, 2.24) is 0 Å². The van der Waals surface area contributed by atoms with Gasteiger partial charge in [-0.2, -0.15) is 0 Å². The maximum atomic E-state index is 5.67. The van der Waals surface area contributed by atoms with Crippen molar-refractivity contribution in [3.05, 3.63) is 35.4 Å². The Kier molecular flexibility index (Phi) is 2.85. The molecule has 1 aromatic carbocycles. The first kappa shape index (κ1) is 9.69. The highest BCUT2D eigenvalue weighted by atomic mass is 16.6. The second-order valence-corrected chi connectivity index (χ2v) is 3.84. The molecule has 2 rings (SSSR count). The van der Waals surface area contributed by atoms with E-state index in [0.29, 0.717) is 6.10 Å². The van der Waals surface area contributed by atoms with E-state index in [1.807, 2.05) is 0 Å². The molecule has 1 aliphatic heterocycles. The van der Waals surface area contributed by atoms with Crippen molar-refractivity contribution < 1.29 is 9.47 Å². The minimum absolute atomic E-state index is 0.166. The molecule has 0 aromatic heterocycles. The minimum atomic E-state index is 0.166. The number of hydrogen-bond acceptors (Lipinski definition) is 2. The molecule has 0 bridgehead atoms. The topological polar surface area (TPSA) is 21.8 Å². The Hall–Kier alpha value is -0.860. The van der Waals surface area contributed by atoms with Crippen LogP contribution < -0.4 is 0 Å². The Bertz CT molecular complexity index is 288. The summed E-state index contributed by atoms with van der Waals surface area (Å²) in [6.45, 7) is 5.75. The molecule has 0 amide bonds. The van der Waals surface area contributed by atoms with Crippen LogP contribution in [0, 0.1) is 6.92 Å². The van der Waals surface area contributed by atoms with Gasteiger partial charge in [0.1, 0.15) is 6.10 Å². The first-order valence-corrected chi connectivity index (χ1v) is 5.05. The maximum absolute atomic E-state index is 5.67. The van der Waals surface area contributed by atoms with Crippen molar-refractivity contribution >= 4 is 0 Å². The highest BCUT2D eigenvalue weighted by molar-refractivity contribution is 5.22. The number of benzene rings is 1. The normalized spacial score (nSPS) is 22.0. The summed E-state index contributed by atoms with van der Waals surface area (Å²) in [5.74, 6) is 0. The van der Waals surface area contributed by atoms with E-state index in [0.717, 1.165) is 13.2 Å². The number of rotatable bonds is 4. The van der Waals surface area contributed by atoms with E-state index in [4.69, 9.17) is 9.47 Å². The standard InChI is InChI=1S/C12H16O2/c1-9-3-5-11(6-4-9)10(2)13-7-12-8-14-12/h3-6,10,12H,7-8H2,1-2H3. The molecule has 2 heteroatoms. The quantitative estimate of drug-likeness (QED) is 0.683. The zero-order valence-electron chi connectivity index (χ0n) is 8.69. The second-order valence-electron chi connectivity index (χ2n) is 3.84. The molecular weight excluding hydrogens is 176 g/mol. The molecule has 1 aromatic rings. The summed E-state index contributed by atoms with van der Waals surface area (Å²) >= 11 is 0. The smallest absolute Gasteiger partial charge is 0.104 e. The number of epoxide rings is 1. The third kappa shape index (κ3) is 2.56. The minimum Gasteiger partial charge on any atom is -0.371 e. The fraction of sp³-hybridized carbons (Fsp3) is 0.500. The van der Waals surface area contributed by atoms with Crippen LogP contribution in [-0.2, 0) is 9.47 Å². The van der Waals surface area contributed by atoms with E-state index >= 15 is 0 Å². The van der Waals surface area contributed by atoms with Crippen LogP contribution in [0.3, 0.4) is 0 Å². The molecule has 2 nitrogen and oxygen atoms in total. The van der Waals surface area contributed by atoms with Gasteiger partial charge in [-0.15, -0.1) is 0 Å². The third-order valence-electron chi connectivity index (χ3n) is 2.48. The van der Waals surface area contributed by atoms with Gasteiger partial charge < -0.3 is 9.47 Å². The summed E-state index contributed by atoms with van der Waals surface area (Å²) < 4.78 is 10.8. The molecule has 0 saturated carbocycles. The Morgan fingerprint density at radius 1 is 1.43 bits per heavy atom. The summed E-state index contributed by atoms with van der Waals surface area (Å²) in [5.41, 5.74) is 2.52. The Morgan fingerprint density at radius 3 is 2.64 bits per heavy atom. The maximum Gasteiger partial charge on any atom is 0.104 e. The number of hydrogen-bond donors (Lipinski definition) is 0. The molecule has 76 valence electrons. The average molecular weight is 192 g/mol. The molecule has 1 aliphatic rings. The van der Waals surface area contributed by atoms with E-state index in [1.54, 1.807) is 0 Å². The number of ether oxygens (including phenoxy) is 2. The van der Waals surface area contributed by atoms with Crippen molar-refractivity contribution in [2.75, 3.05) is 13.2 Å². The fourth-order valence-corrected chi connectivity index (χ4v) is 1.35.